The van der Waals surface area contributed by atoms with E-state index in [4.69, 9.17) is 4.74 Å². The monoisotopic (exact) mass is 412 g/mol. The zero-order chi connectivity index (χ0) is 20.8. The van der Waals surface area contributed by atoms with E-state index in [0.717, 1.165) is 18.6 Å². The second-order valence-corrected chi connectivity index (χ2v) is 7.68. The fourth-order valence-electron chi connectivity index (χ4n) is 3.21. The minimum absolute atomic E-state index is 0.0282. The molecule has 29 heavy (non-hydrogen) atoms. The lowest BCUT2D eigenvalue weighted by atomic mass is 10.1. The van der Waals surface area contributed by atoms with Crippen molar-refractivity contribution in [3.05, 3.63) is 40.2 Å². The van der Waals surface area contributed by atoms with Gasteiger partial charge in [0, 0.05) is 31.0 Å². The number of likely N-dealkylation sites (N-methyl/N-ethyl adjacent to an activating group) is 1. The van der Waals surface area contributed by atoms with Crippen molar-refractivity contribution in [1.82, 2.24) is 14.5 Å². The van der Waals surface area contributed by atoms with Gasteiger partial charge in [-0.1, -0.05) is 11.8 Å². The van der Waals surface area contributed by atoms with Gasteiger partial charge in [-0.3, -0.25) is 14.2 Å². The Morgan fingerprint density at radius 1 is 1.28 bits per heavy atom. The average molecular weight is 413 g/mol. The Labute approximate surface area is 174 Å². The van der Waals surface area contributed by atoms with Crippen LogP contribution in [0.2, 0.25) is 0 Å². The summed E-state index contributed by atoms with van der Waals surface area (Å²) >= 11 is 1.55. The third kappa shape index (κ3) is 4.62. The van der Waals surface area contributed by atoms with Gasteiger partial charge in [-0.15, -0.1) is 0 Å². The van der Waals surface area contributed by atoms with E-state index in [1.54, 1.807) is 45.5 Å². The summed E-state index contributed by atoms with van der Waals surface area (Å²) in [6, 6.07) is 9.00. The minimum Gasteiger partial charge on any atom is -0.484 e. The molecule has 1 aromatic heterocycles. The molecular formula is C21H24N4O3S. The molecule has 7 nitrogen and oxygen atoms in total. The Balaban J connectivity index is 1.84. The van der Waals surface area contributed by atoms with Crippen LogP contribution in [-0.2, 0) is 11.3 Å². The molecule has 2 aromatic rings. The van der Waals surface area contributed by atoms with Crippen molar-refractivity contribution < 1.29 is 9.53 Å². The maximum absolute atomic E-state index is 12.8. The van der Waals surface area contributed by atoms with E-state index >= 15 is 0 Å². The van der Waals surface area contributed by atoms with Gasteiger partial charge in [0.05, 0.1) is 5.69 Å². The number of aromatic nitrogens is 2. The summed E-state index contributed by atoms with van der Waals surface area (Å²) in [7, 11) is 0. The van der Waals surface area contributed by atoms with Gasteiger partial charge >= 0.3 is 0 Å². The summed E-state index contributed by atoms with van der Waals surface area (Å²) in [4.78, 5) is 31.2. The fraction of sp³-hybridized carbons (Fsp3) is 0.429. The van der Waals surface area contributed by atoms with Crippen LogP contribution in [0.4, 0.5) is 0 Å². The molecule has 0 N–H and O–H groups in total. The normalized spacial score (nSPS) is 13.1. The molecule has 0 spiro atoms. The molecule has 1 amide bonds. The first-order valence-electron chi connectivity index (χ1n) is 9.77. The second-order valence-electron chi connectivity index (χ2n) is 6.62. The standard InChI is InChI=1S/C21H24N4O3S/c1-3-24(4-2)18(26)14-28-16-9-7-15(8-10-16)19-17(13-22)20(27)25-11-5-6-12-29-21(25)23-19/h7-10H,3-6,11-12,14H2,1-2H3. The van der Waals surface area contributed by atoms with Gasteiger partial charge in [0.15, 0.2) is 11.8 Å². The first-order chi connectivity index (χ1) is 14.1. The lowest BCUT2D eigenvalue weighted by molar-refractivity contribution is -0.132. The molecule has 1 aliphatic heterocycles. The van der Waals surface area contributed by atoms with E-state index in [0.29, 0.717) is 41.8 Å². The van der Waals surface area contributed by atoms with E-state index in [-0.39, 0.29) is 23.6 Å². The Kier molecular flexibility index (Phi) is 6.94. The third-order valence-electron chi connectivity index (χ3n) is 4.86. The van der Waals surface area contributed by atoms with Crippen LogP contribution in [0.1, 0.15) is 32.3 Å². The highest BCUT2D eigenvalue weighted by atomic mass is 32.2. The number of thioether (sulfide) groups is 1. The van der Waals surface area contributed by atoms with Crippen LogP contribution in [0.5, 0.6) is 5.75 Å². The molecule has 0 unspecified atom stereocenters. The van der Waals surface area contributed by atoms with Crippen molar-refractivity contribution in [2.45, 2.75) is 38.4 Å². The largest absolute Gasteiger partial charge is 0.484 e. The molecule has 0 radical (unpaired) electrons. The highest BCUT2D eigenvalue weighted by Crippen LogP contribution is 2.27. The van der Waals surface area contributed by atoms with Gasteiger partial charge in [-0.2, -0.15) is 5.26 Å². The molecule has 0 fully saturated rings. The minimum atomic E-state index is -0.285. The summed E-state index contributed by atoms with van der Waals surface area (Å²) in [5.74, 6) is 1.39. The van der Waals surface area contributed by atoms with E-state index in [1.165, 1.54) is 0 Å². The number of nitrogens with zero attached hydrogens (tertiary/aromatic N) is 4. The van der Waals surface area contributed by atoms with E-state index < -0.39 is 0 Å². The molecule has 0 saturated heterocycles. The van der Waals surface area contributed by atoms with Gasteiger partial charge in [0.2, 0.25) is 0 Å². The second kappa shape index (κ2) is 9.61. The highest BCUT2D eigenvalue weighted by Gasteiger charge is 2.19. The van der Waals surface area contributed by atoms with Crippen molar-refractivity contribution in [3.63, 3.8) is 0 Å². The molecule has 0 saturated carbocycles. The number of amides is 1. The number of carbonyl (C=O) groups excluding carboxylic acids is 1. The topological polar surface area (TPSA) is 88.2 Å². The summed E-state index contributed by atoms with van der Waals surface area (Å²) in [5.41, 5.74) is 0.840. The Morgan fingerprint density at radius 2 is 2.00 bits per heavy atom. The number of nitriles is 1. The van der Waals surface area contributed by atoms with E-state index in [1.807, 2.05) is 19.9 Å². The quantitative estimate of drug-likeness (QED) is 0.678. The summed E-state index contributed by atoms with van der Waals surface area (Å²) in [5, 5.41) is 10.2. The van der Waals surface area contributed by atoms with E-state index in [9.17, 15) is 14.9 Å². The van der Waals surface area contributed by atoms with Crippen LogP contribution >= 0.6 is 11.8 Å². The SMILES string of the molecule is CCN(CC)C(=O)COc1ccc(-c2nc3n(c(=O)c2C#N)CCCCS3)cc1. The Hall–Kier alpha value is -2.79. The first-order valence-corrected chi connectivity index (χ1v) is 10.8. The van der Waals surface area contributed by atoms with Gasteiger partial charge < -0.3 is 9.64 Å². The first kappa shape index (κ1) is 20.9. The van der Waals surface area contributed by atoms with Crippen LogP contribution in [-0.4, -0.2) is 45.8 Å². The van der Waals surface area contributed by atoms with Crippen molar-refractivity contribution in [3.8, 4) is 23.1 Å². The molecule has 0 bridgehead atoms. The van der Waals surface area contributed by atoms with Crippen molar-refractivity contribution in [1.29, 1.82) is 5.26 Å². The molecule has 2 heterocycles. The zero-order valence-electron chi connectivity index (χ0n) is 16.7. The number of carbonyl (C=O) groups is 1. The number of hydrogen-bond donors (Lipinski definition) is 0. The molecular weight excluding hydrogens is 388 g/mol. The molecule has 0 aliphatic carbocycles. The number of benzene rings is 1. The highest BCUT2D eigenvalue weighted by molar-refractivity contribution is 7.99. The zero-order valence-corrected chi connectivity index (χ0v) is 17.5. The van der Waals surface area contributed by atoms with E-state index in [2.05, 4.69) is 4.98 Å². The Bertz CT molecular complexity index is 975. The van der Waals surface area contributed by atoms with Crippen LogP contribution in [0, 0.1) is 11.3 Å². The van der Waals surface area contributed by atoms with Crippen molar-refractivity contribution in [2.75, 3.05) is 25.4 Å². The summed E-state index contributed by atoms with van der Waals surface area (Å²) < 4.78 is 7.19. The molecule has 3 rings (SSSR count). The molecule has 152 valence electrons. The fourth-order valence-corrected chi connectivity index (χ4v) is 4.23. The number of fused-ring (bicyclic) bond motifs is 1. The maximum atomic E-state index is 12.8. The van der Waals surface area contributed by atoms with Crippen molar-refractivity contribution >= 4 is 17.7 Å². The number of rotatable bonds is 6. The maximum Gasteiger partial charge on any atom is 0.272 e. The molecule has 1 aliphatic rings. The number of ether oxygens (including phenoxy) is 1. The molecule has 0 atom stereocenters. The predicted octanol–water partition coefficient (Wildman–Crippen LogP) is 2.92. The third-order valence-corrected chi connectivity index (χ3v) is 5.92. The van der Waals surface area contributed by atoms with Gasteiger partial charge in [-0.05, 0) is 51.0 Å². The smallest absolute Gasteiger partial charge is 0.272 e. The van der Waals surface area contributed by atoms with Gasteiger partial charge in [0.1, 0.15) is 17.4 Å². The van der Waals surface area contributed by atoms with Crippen LogP contribution in [0.3, 0.4) is 0 Å². The summed E-state index contributed by atoms with van der Waals surface area (Å²) in [6.07, 6.45) is 1.92. The van der Waals surface area contributed by atoms with Gasteiger partial charge in [0.25, 0.3) is 11.5 Å². The van der Waals surface area contributed by atoms with Crippen LogP contribution in [0.15, 0.2) is 34.2 Å². The van der Waals surface area contributed by atoms with Crippen molar-refractivity contribution in [2.24, 2.45) is 0 Å². The average Bonchev–Trinajstić information content (AvgIpc) is 2.99. The number of hydrogen-bond acceptors (Lipinski definition) is 6. The molecule has 1 aromatic carbocycles. The van der Waals surface area contributed by atoms with Crippen LogP contribution in [0.25, 0.3) is 11.3 Å². The predicted molar refractivity (Wildman–Crippen MR) is 112 cm³/mol. The van der Waals surface area contributed by atoms with Gasteiger partial charge in [-0.25, -0.2) is 4.98 Å². The lowest BCUT2D eigenvalue weighted by Gasteiger charge is -2.18. The summed E-state index contributed by atoms with van der Waals surface area (Å²) in [6.45, 7) is 5.71. The van der Waals surface area contributed by atoms with Crippen LogP contribution < -0.4 is 10.3 Å². The Morgan fingerprint density at radius 3 is 2.66 bits per heavy atom. The molecule has 8 heteroatoms. The lowest BCUT2D eigenvalue weighted by Crippen LogP contribution is -2.34.